The molecule has 1 saturated carbocycles. The lowest BCUT2D eigenvalue weighted by molar-refractivity contribution is 0.0594. The Morgan fingerprint density at radius 1 is 1.38 bits per heavy atom. The minimum atomic E-state index is -0.417. The van der Waals surface area contributed by atoms with Crippen molar-refractivity contribution in [3.63, 3.8) is 0 Å². The highest BCUT2D eigenvalue weighted by molar-refractivity contribution is 5.86. The summed E-state index contributed by atoms with van der Waals surface area (Å²) in [6.07, 6.45) is 9.02. The van der Waals surface area contributed by atoms with E-state index in [0.717, 1.165) is 12.8 Å². The van der Waals surface area contributed by atoms with Crippen LogP contribution in [0, 0.1) is 0 Å². The third-order valence-corrected chi connectivity index (χ3v) is 3.10. The summed E-state index contributed by atoms with van der Waals surface area (Å²) in [6, 6.07) is 0.397. The second-order valence-electron chi connectivity index (χ2n) is 4.22. The average molecular weight is 223 g/mol. The second-order valence-corrected chi connectivity index (χ2v) is 4.22. The molecule has 5 heteroatoms. The van der Waals surface area contributed by atoms with Crippen LogP contribution >= 0.6 is 0 Å². The molecular weight excluding hydrogens is 206 g/mol. The van der Waals surface area contributed by atoms with Crippen LogP contribution in [0.5, 0.6) is 0 Å². The molecule has 5 nitrogen and oxygen atoms in total. The van der Waals surface area contributed by atoms with Gasteiger partial charge in [0, 0.05) is 0 Å². The summed E-state index contributed by atoms with van der Waals surface area (Å²) in [6.45, 7) is 0. The molecule has 0 atom stereocenters. The Morgan fingerprint density at radius 3 is 2.69 bits per heavy atom. The van der Waals surface area contributed by atoms with Crippen molar-refractivity contribution < 1.29 is 9.53 Å². The zero-order valence-electron chi connectivity index (χ0n) is 9.56. The zero-order chi connectivity index (χ0) is 11.4. The van der Waals surface area contributed by atoms with Crippen LogP contribution in [0.1, 0.15) is 55.1 Å². The Hall–Kier alpha value is -1.39. The topological polar surface area (TPSA) is 57.0 Å². The van der Waals surface area contributed by atoms with Gasteiger partial charge in [-0.2, -0.15) is 0 Å². The van der Waals surface area contributed by atoms with Crippen molar-refractivity contribution >= 4 is 5.97 Å². The molecule has 0 amide bonds. The maximum Gasteiger partial charge on any atom is 0.360 e. The second kappa shape index (κ2) is 5.09. The molecule has 0 radical (unpaired) electrons. The van der Waals surface area contributed by atoms with E-state index in [0.29, 0.717) is 11.7 Å². The molecular formula is C11H17N3O2. The number of ether oxygens (including phenoxy) is 1. The predicted molar refractivity (Wildman–Crippen MR) is 58.1 cm³/mol. The summed E-state index contributed by atoms with van der Waals surface area (Å²) in [5.74, 6) is -0.417. The highest BCUT2D eigenvalue weighted by Gasteiger charge is 2.18. The fourth-order valence-electron chi connectivity index (χ4n) is 2.18. The molecule has 0 N–H and O–H groups in total. The summed E-state index contributed by atoms with van der Waals surface area (Å²) in [5.41, 5.74) is 0.298. The maximum absolute atomic E-state index is 11.2. The molecule has 0 bridgehead atoms. The van der Waals surface area contributed by atoms with Crippen LogP contribution in [0.15, 0.2) is 6.20 Å². The Bertz CT molecular complexity index is 354. The molecule has 2 rings (SSSR count). The molecule has 88 valence electrons. The lowest BCUT2D eigenvalue weighted by atomic mass is 10.1. The molecule has 1 fully saturated rings. The summed E-state index contributed by atoms with van der Waals surface area (Å²) in [5, 5.41) is 7.85. The van der Waals surface area contributed by atoms with E-state index < -0.39 is 5.97 Å². The Balaban J connectivity index is 2.08. The van der Waals surface area contributed by atoms with Gasteiger partial charge in [0.15, 0.2) is 5.69 Å². The SMILES string of the molecule is COC(=O)c1cn(C2CCCCCC2)nn1. The summed E-state index contributed by atoms with van der Waals surface area (Å²) >= 11 is 0. The number of hydrogen-bond donors (Lipinski definition) is 0. The number of hydrogen-bond acceptors (Lipinski definition) is 4. The Labute approximate surface area is 94.8 Å². The summed E-state index contributed by atoms with van der Waals surface area (Å²) in [4.78, 5) is 11.2. The molecule has 1 aliphatic rings. The van der Waals surface area contributed by atoms with Crippen molar-refractivity contribution in [1.82, 2.24) is 15.0 Å². The molecule has 0 spiro atoms. The van der Waals surface area contributed by atoms with Gasteiger partial charge >= 0.3 is 5.97 Å². The number of esters is 1. The van der Waals surface area contributed by atoms with E-state index in [2.05, 4.69) is 15.0 Å². The minimum absolute atomic E-state index is 0.298. The van der Waals surface area contributed by atoms with Gasteiger partial charge in [-0.3, -0.25) is 0 Å². The highest BCUT2D eigenvalue weighted by atomic mass is 16.5. The standard InChI is InChI=1S/C11H17N3O2/c1-16-11(15)10-8-14(13-12-10)9-6-4-2-3-5-7-9/h8-9H,2-7H2,1H3. The number of carbonyl (C=O) groups excluding carboxylic acids is 1. The third-order valence-electron chi connectivity index (χ3n) is 3.10. The number of rotatable bonds is 2. The lowest BCUT2D eigenvalue weighted by Gasteiger charge is -2.12. The molecule has 1 heterocycles. The Kier molecular flexibility index (Phi) is 3.54. The molecule has 1 aromatic heterocycles. The fraction of sp³-hybridized carbons (Fsp3) is 0.727. The third kappa shape index (κ3) is 2.40. The van der Waals surface area contributed by atoms with Crippen LogP contribution in [-0.2, 0) is 4.74 Å². The van der Waals surface area contributed by atoms with E-state index in [1.54, 1.807) is 6.20 Å². The van der Waals surface area contributed by atoms with Gasteiger partial charge in [0.2, 0.25) is 0 Å². The zero-order valence-corrected chi connectivity index (χ0v) is 9.56. The largest absolute Gasteiger partial charge is 0.464 e. The monoisotopic (exact) mass is 223 g/mol. The van der Waals surface area contributed by atoms with Crippen LogP contribution in [0.4, 0.5) is 0 Å². The molecule has 0 unspecified atom stereocenters. The van der Waals surface area contributed by atoms with Crippen molar-refractivity contribution in [2.24, 2.45) is 0 Å². The van der Waals surface area contributed by atoms with Crippen LogP contribution in [0.25, 0.3) is 0 Å². The maximum atomic E-state index is 11.2. The minimum Gasteiger partial charge on any atom is -0.464 e. The van der Waals surface area contributed by atoms with E-state index >= 15 is 0 Å². The van der Waals surface area contributed by atoms with Crippen LogP contribution in [0.2, 0.25) is 0 Å². The van der Waals surface area contributed by atoms with E-state index in [1.807, 2.05) is 4.68 Å². The molecule has 0 saturated heterocycles. The van der Waals surface area contributed by atoms with Gasteiger partial charge in [0.05, 0.1) is 19.3 Å². The van der Waals surface area contributed by atoms with Gasteiger partial charge in [-0.05, 0) is 12.8 Å². The van der Waals surface area contributed by atoms with Crippen LogP contribution in [0.3, 0.4) is 0 Å². The van der Waals surface area contributed by atoms with E-state index in [9.17, 15) is 4.79 Å². The highest BCUT2D eigenvalue weighted by Crippen LogP contribution is 2.26. The first-order chi connectivity index (χ1) is 7.81. The first-order valence-corrected chi connectivity index (χ1v) is 5.81. The summed E-state index contributed by atoms with van der Waals surface area (Å²) < 4.78 is 6.42. The average Bonchev–Trinajstić information content (AvgIpc) is 2.64. The van der Waals surface area contributed by atoms with Gasteiger partial charge in [0.25, 0.3) is 0 Å². The van der Waals surface area contributed by atoms with Crippen molar-refractivity contribution in [1.29, 1.82) is 0 Å². The molecule has 1 aliphatic carbocycles. The molecule has 0 aliphatic heterocycles. The normalized spacial score (nSPS) is 18.1. The van der Waals surface area contributed by atoms with E-state index in [-0.39, 0.29) is 0 Å². The first kappa shape index (κ1) is 11.1. The number of nitrogens with zero attached hydrogens (tertiary/aromatic N) is 3. The van der Waals surface area contributed by atoms with E-state index in [1.165, 1.54) is 32.8 Å². The van der Waals surface area contributed by atoms with Gasteiger partial charge < -0.3 is 4.74 Å². The number of methoxy groups -OCH3 is 1. The molecule has 1 aromatic rings. The number of aromatic nitrogens is 3. The fourth-order valence-corrected chi connectivity index (χ4v) is 2.18. The van der Waals surface area contributed by atoms with Gasteiger partial charge in [0.1, 0.15) is 0 Å². The number of carbonyl (C=O) groups is 1. The first-order valence-electron chi connectivity index (χ1n) is 5.81. The van der Waals surface area contributed by atoms with Gasteiger partial charge in [-0.25, -0.2) is 9.48 Å². The van der Waals surface area contributed by atoms with E-state index in [4.69, 9.17) is 0 Å². The lowest BCUT2D eigenvalue weighted by Crippen LogP contribution is -2.08. The van der Waals surface area contributed by atoms with Gasteiger partial charge in [-0.1, -0.05) is 30.9 Å². The van der Waals surface area contributed by atoms with Crippen molar-refractivity contribution in [2.45, 2.75) is 44.6 Å². The van der Waals surface area contributed by atoms with Crippen molar-refractivity contribution in [3.8, 4) is 0 Å². The van der Waals surface area contributed by atoms with Crippen molar-refractivity contribution in [2.75, 3.05) is 7.11 Å². The quantitative estimate of drug-likeness (QED) is 0.568. The van der Waals surface area contributed by atoms with Crippen molar-refractivity contribution in [3.05, 3.63) is 11.9 Å². The van der Waals surface area contributed by atoms with Crippen LogP contribution < -0.4 is 0 Å². The predicted octanol–water partition coefficient (Wildman–Crippen LogP) is 1.96. The van der Waals surface area contributed by atoms with Gasteiger partial charge in [-0.15, -0.1) is 5.10 Å². The summed E-state index contributed by atoms with van der Waals surface area (Å²) in [7, 11) is 1.35. The van der Waals surface area contributed by atoms with Crippen LogP contribution in [-0.4, -0.2) is 28.1 Å². The Morgan fingerprint density at radius 2 is 2.06 bits per heavy atom. The molecule has 0 aromatic carbocycles. The molecule has 16 heavy (non-hydrogen) atoms. The smallest absolute Gasteiger partial charge is 0.360 e.